The van der Waals surface area contributed by atoms with Crippen molar-refractivity contribution < 1.29 is 4.42 Å². The Hall–Kier alpha value is -1.06. The third-order valence-electron chi connectivity index (χ3n) is 2.32. The van der Waals surface area contributed by atoms with E-state index in [1.807, 2.05) is 13.2 Å². The van der Waals surface area contributed by atoms with Gasteiger partial charge in [-0.25, -0.2) is 0 Å². The van der Waals surface area contributed by atoms with Crippen LogP contribution in [-0.4, -0.2) is 6.54 Å². The molecule has 2 rings (SSSR count). The fourth-order valence-electron chi connectivity index (χ4n) is 1.66. The highest BCUT2D eigenvalue weighted by molar-refractivity contribution is 7.10. The highest BCUT2D eigenvalue weighted by atomic mass is 32.1. The van der Waals surface area contributed by atoms with Gasteiger partial charge in [0.2, 0.25) is 0 Å². The minimum atomic E-state index is 0.271. The highest BCUT2D eigenvalue weighted by Gasteiger charge is 2.15. The van der Waals surface area contributed by atoms with Crippen LogP contribution in [-0.2, 0) is 0 Å². The van der Waals surface area contributed by atoms with Crippen LogP contribution in [0.15, 0.2) is 34.3 Å². The molecule has 0 bridgehead atoms. The maximum atomic E-state index is 5.35. The monoisotopic (exact) mass is 221 g/mol. The van der Waals surface area contributed by atoms with Gasteiger partial charge in [-0.3, -0.25) is 0 Å². The van der Waals surface area contributed by atoms with E-state index < -0.39 is 0 Å². The number of rotatable bonds is 4. The van der Waals surface area contributed by atoms with Gasteiger partial charge in [0, 0.05) is 10.4 Å². The lowest BCUT2D eigenvalue weighted by Crippen LogP contribution is -2.20. The summed E-state index contributed by atoms with van der Waals surface area (Å²) in [5.74, 6) is 0.962. The second-order valence-electron chi connectivity index (χ2n) is 3.50. The number of furan rings is 1. The largest absolute Gasteiger partial charge is 0.469 e. The van der Waals surface area contributed by atoms with E-state index >= 15 is 0 Å². The SMILES string of the molecule is CCNC(c1coc(C)c1)c1cccs1. The summed E-state index contributed by atoms with van der Waals surface area (Å²) in [7, 11) is 0. The Morgan fingerprint density at radius 3 is 2.93 bits per heavy atom. The molecule has 0 amide bonds. The number of thiophene rings is 1. The molecule has 2 heterocycles. The molecular weight excluding hydrogens is 206 g/mol. The van der Waals surface area contributed by atoms with Gasteiger partial charge in [0.1, 0.15) is 5.76 Å². The standard InChI is InChI=1S/C12H15NOS/c1-3-13-12(11-5-4-6-15-11)10-7-9(2)14-8-10/h4-8,12-13H,3H2,1-2H3. The topological polar surface area (TPSA) is 25.2 Å². The fourth-order valence-corrected chi connectivity index (χ4v) is 2.48. The minimum absolute atomic E-state index is 0.271. The van der Waals surface area contributed by atoms with Crippen LogP contribution in [0.25, 0.3) is 0 Å². The normalized spacial score (nSPS) is 12.9. The summed E-state index contributed by atoms with van der Waals surface area (Å²) in [6.07, 6.45) is 1.84. The first-order chi connectivity index (χ1) is 7.31. The van der Waals surface area contributed by atoms with Crippen LogP contribution in [0.3, 0.4) is 0 Å². The van der Waals surface area contributed by atoms with E-state index in [4.69, 9.17) is 4.42 Å². The quantitative estimate of drug-likeness (QED) is 0.856. The van der Waals surface area contributed by atoms with Crippen molar-refractivity contribution in [1.82, 2.24) is 5.32 Å². The first kappa shape index (κ1) is 10.5. The van der Waals surface area contributed by atoms with E-state index in [1.165, 1.54) is 10.4 Å². The lowest BCUT2D eigenvalue weighted by atomic mass is 10.1. The molecule has 0 aliphatic carbocycles. The van der Waals surface area contributed by atoms with Crippen molar-refractivity contribution in [2.45, 2.75) is 19.9 Å². The van der Waals surface area contributed by atoms with Crippen molar-refractivity contribution in [2.75, 3.05) is 6.54 Å². The molecule has 0 radical (unpaired) electrons. The van der Waals surface area contributed by atoms with Crippen molar-refractivity contribution >= 4 is 11.3 Å². The maximum Gasteiger partial charge on any atom is 0.101 e. The lowest BCUT2D eigenvalue weighted by molar-refractivity contribution is 0.526. The van der Waals surface area contributed by atoms with Crippen LogP contribution in [0.1, 0.15) is 29.2 Å². The van der Waals surface area contributed by atoms with E-state index in [0.717, 1.165) is 12.3 Å². The molecule has 1 unspecified atom stereocenters. The van der Waals surface area contributed by atoms with Crippen LogP contribution in [0, 0.1) is 6.92 Å². The van der Waals surface area contributed by atoms with E-state index in [9.17, 15) is 0 Å². The zero-order valence-corrected chi connectivity index (χ0v) is 9.80. The first-order valence-corrected chi connectivity index (χ1v) is 6.01. The van der Waals surface area contributed by atoms with Crippen LogP contribution in [0.4, 0.5) is 0 Å². The molecule has 0 saturated carbocycles. The van der Waals surface area contributed by atoms with Crippen molar-refractivity contribution in [3.63, 3.8) is 0 Å². The minimum Gasteiger partial charge on any atom is -0.469 e. The summed E-state index contributed by atoms with van der Waals surface area (Å²) in [6, 6.07) is 6.59. The Morgan fingerprint density at radius 1 is 1.53 bits per heavy atom. The van der Waals surface area contributed by atoms with Crippen molar-refractivity contribution in [3.05, 3.63) is 46.0 Å². The Labute approximate surface area is 93.9 Å². The molecule has 0 aliphatic rings. The zero-order chi connectivity index (χ0) is 10.7. The molecule has 0 saturated heterocycles. The number of hydrogen-bond donors (Lipinski definition) is 1. The lowest BCUT2D eigenvalue weighted by Gasteiger charge is -2.14. The molecule has 15 heavy (non-hydrogen) atoms. The average Bonchev–Trinajstić information content (AvgIpc) is 2.85. The van der Waals surface area contributed by atoms with Gasteiger partial charge in [0.25, 0.3) is 0 Å². The number of nitrogens with one attached hydrogen (secondary N) is 1. The Bertz CT molecular complexity index is 405. The second-order valence-corrected chi connectivity index (χ2v) is 4.48. The van der Waals surface area contributed by atoms with Gasteiger partial charge in [-0.15, -0.1) is 11.3 Å². The third kappa shape index (κ3) is 2.30. The van der Waals surface area contributed by atoms with Crippen LogP contribution >= 0.6 is 11.3 Å². The van der Waals surface area contributed by atoms with E-state index in [1.54, 1.807) is 11.3 Å². The Kier molecular flexibility index (Phi) is 3.23. The zero-order valence-electron chi connectivity index (χ0n) is 8.99. The summed E-state index contributed by atoms with van der Waals surface area (Å²) in [4.78, 5) is 1.33. The van der Waals surface area contributed by atoms with Crippen molar-refractivity contribution in [1.29, 1.82) is 0 Å². The fraction of sp³-hybridized carbons (Fsp3) is 0.333. The summed E-state index contributed by atoms with van der Waals surface area (Å²) in [6.45, 7) is 5.04. The summed E-state index contributed by atoms with van der Waals surface area (Å²) in [5.41, 5.74) is 1.21. The molecule has 0 fully saturated rings. The van der Waals surface area contributed by atoms with Gasteiger partial charge >= 0.3 is 0 Å². The van der Waals surface area contributed by atoms with Gasteiger partial charge in [0.15, 0.2) is 0 Å². The van der Waals surface area contributed by atoms with Crippen molar-refractivity contribution in [2.24, 2.45) is 0 Å². The molecule has 1 N–H and O–H groups in total. The Balaban J connectivity index is 2.27. The second kappa shape index (κ2) is 4.64. The number of hydrogen-bond acceptors (Lipinski definition) is 3. The summed E-state index contributed by atoms with van der Waals surface area (Å²) >= 11 is 1.77. The molecule has 2 aromatic rings. The molecule has 0 aromatic carbocycles. The Morgan fingerprint density at radius 2 is 2.40 bits per heavy atom. The first-order valence-electron chi connectivity index (χ1n) is 5.13. The maximum absolute atomic E-state index is 5.35. The third-order valence-corrected chi connectivity index (χ3v) is 3.26. The van der Waals surface area contributed by atoms with E-state index in [0.29, 0.717) is 0 Å². The van der Waals surface area contributed by atoms with E-state index in [2.05, 4.69) is 35.8 Å². The molecule has 2 aromatic heterocycles. The van der Waals surface area contributed by atoms with E-state index in [-0.39, 0.29) is 6.04 Å². The van der Waals surface area contributed by atoms with Gasteiger partial charge in [-0.1, -0.05) is 13.0 Å². The summed E-state index contributed by atoms with van der Waals surface area (Å²) < 4.78 is 5.35. The smallest absolute Gasteiger partial charge is 0.101 e. The van der Waals surface area contributed by atoms with Crippen molar-refractivity contribution in [3.8, 4) is 0 Å². The van der Waals surface area contributed by atoms with Gasteiger partial charge in [0.05, 0.1) is 12.3 Å². The summed E-state index contributed by atoms with van der Waals surface area (Å²) in [5, 5.41) is 5.57. The number of aryl methyl sites for hydroxylation is 1. The highest BCUT2D eigenvalue weighted by Crippen LogP contribution is 2.27. The molecule has 1 atom stereocenters. The van der Waals surface area contributed by atoms with Crippen LogP contribution in [0.2, 0.25) is 0 Å². The van der Waals surface area contributed by atoms with Gasteiger partial charge < -0.3 is 9.73 Å². The predicted octanol–water partition coefficient (Wildman–Crippen LogP) is 3.35. The molecule has 80 valence electrons. The predicted molar refractivity (Wildman–Crippen MR) is 63.3 cm³/mol. The molecule has 2 nitrogen and oxygen atoms in total. The average molecular weight is 221 g/mol. The molecule has 3 heteroatoms. The van der Waals surface area contributed by atoms with Gasteiger partial charge in [-0.2, -0.15) is 0 Å². The molecular formula is C12H15NOS. The van der Waals surface area contributed by atoms with Gasteiger partial charge in [-0.05, 0) is 31.0 Å². The molecule has 0 spiro atoms. The molecule has 0 aliphatic heterocycles. The van der Waals surface area contributed by atoms with Crippen LogP contribution < -0.4 is 5.32 Å². The van der Waals surface area contributed by atoms with Crippen LogP contribution in [0.5, 0.6) is 0 Å².